The number of benzene rings is 5. The molecule has 242 valence electrons. The fourth-order valence-electron chi connectivity index (χ4n) is 7.03. The van der Waals surface area contributed by atoms with Crippen LogP contribution in [0.15, 0.2) is 128 Å². The van der Waals surface area contributed by atoms with E-state index < -0.39 is 0 Å². The van der Waals surface area contributed by atoms with Crippen LogP contribution in [0.25, 0.3) is 72.3 Å². The van der Waals surface area contributed by atoms with Crippen LogP contribution in [0.4, 0.5) is 0 Å². The zero-order valence-electron chi connectivity index (χ0n) is 27.6. The minimum atomic E-state index is 0. The number of hydrogen-bond acceptors (Lipinski definition) is 3. The van der Waals surface area contributed by atoms with Gasteiger partial charge in [-0.1, -0.05) is 69.3 Å². The van der Waals surface area contributed by atoms with Gasteiger partial charge >= 0.3 is 21.1 Å². The van der Waals surface area contributed by atoms with Gasteiger partial charge in [0.1, 0.15) is 11.7 Å². The molecule has 0 unspecified atom stereocenters. The molecule has 50 heavy (non-hydrogen) atoms. The van der Waals surface area contributed by atoms with Crippen molar-refractivity contribution < 1.29 is 21.1 Å². The van der Waals surface area contributed by atoms with Gasteiger partial charge in [0.05, 0.1) is 16.6 Å². The number of nitriles is 1. The van der Waals surface area contributed by atoms with Crippen LogP contribution in [0, 0.1) is 23.5 Å². The zero-order valence-corrected chi connectivity index (χ0v) is 29.9. The van der Waals surface area contributed by atoms with Crippen molar-refractivity contribution in [2.24, 2.45) is 0 Å². The van der Waals surface area contributed by atoms with E-state index in [1.807, 2.05) is 79.1 Å². The van der Waals surface area contributed by atoms with Crippen molar-refractivity contribution in [2.75, 3.05) is 0 Å². The van der Waals surface area contributed by atoms with Crippen LogP contribution in [0.5, 0.6) is 0 Å². The topological polar surface area (TPSA) is 64.4 Å². The molecule has 0 amide bonds. The number of pyridine rings is 1. The summed E-state index contributed by atoms with van der Waals surface area (Å²) in [7, 11) is 0. The number of imidazole rings is 1. The van der Waals surface area contributed by atoms with E-state index in [1.165, 1.54) is 5.56 Å². The molecule has 4 heterocycles. The van der Waals surface area contributed by atoms with E-state index >= 15 is 0 Å². The Labute approximate surface area is 304 Å². The fraction of sp³-hybridized carbons (Fsp3) is 0.0930. The van der Waals surface area contributed by atoms with Crippen molar-refractivity contribution in [2.45, 2.75) is 26.2 Å². The summed E-state index contributed by atoms with van der Waals surface area (Å²) >= 11 is 0. The Morgan fingerprint density at radius 1 is 0.700 bits per heavy atom. The molecule has 7 heteroatoms. The first-order chi connectivity index (χ1) is 23.9. The van der Waals surface area contributed by atoms with E-state index in [4.69, 9.17) is 9.97 Å². The SMILES string of the molecule is CC(C)(C)c1ccc(-n2ccnc2-n2c3ccccc3c3c(C#N)c4c5ccccc5n(-c5[c-]c(-c6[c-]cccc6)ccc5)c4nc32)cc1.[Pt+2]. The first-order valence-corrected chi connectivity index (χ1v) is 16.3. The van der Waals surface area contributed by atoms with Crippen molar-refractivity contribution in [1.29, 1.82) is 5.26 Å². The van der Waals surface area contributed by atoms with Gasteiger partial charge in [-0.15, -0.1) is 12.1 Å². The number of para-hydroxylation sites is 2. The molecule has 0 bridgehead atoms. The van der Waals surface area contributed by atoms with Crippen molar-refractivity contribution in [3.8, 4) is 34.5 Å². The molecule has 4 aromatic heterocycles. The van der Waals surface area contributed by atoms with E-state index in [-0.39, 0.29) is 26.5 Å². The summed E-state index contributed by atoms with van der Waals surface area (Å²) in [6.07, 6.45) is 3.79. The molecule has 5 aromatic carbocycles. The summed E-state index contributed by atoms with van der Waals surface area (Å²) in [6, 6.07) is 48.6. The molecular weight excluding hydrogens is 796 g/mol. The largest absolute Gasteiger partial charge is 2.00 e. The summed E-state index contributed by atoms with van der Waals surface area (Å²) < 4.78 is 6.29. The van der Waals surface area contributed by atoms with Gasteiger partial charge in [-0.3, -0.25) is 9.13 Å². The fourth-order valence-corrected chi connectivity index (χ4v) is 7.03. The normalized spacial score (nSPS) is 11.7. The van der Waals surface area contributed by atoms with Crippen LogP contribution in [-0.2, 0) is 26.5 Å². The van der Waals surface area contributed by atoms with E-state index in [1.54, 1.807) is 0 Å². The molecule has 0 N–H and O–H groups in total. The Morgan fingerprint density at radius 3 is 2.00 bits per heavy atom. The molecule has 0 aliphatic carbocycles. The van der Waals surface area contributed by atoms with Crippen molar-refractivity contribution in [1.82, 2.24) is 23.7 Å². The number of fused-ring (bicyclic) bond motifs is 6. The standard InChI is InChI=1S/C43H30N6.Pt/c1-43(2,3)30-20-22-31(23-21-30)47-25-24-45-42(47)49-37-19-10-8-17-34(37)39-35(27-44)38-33-16-7-9-18-36(33)48(40(38)46-41(39)49)32-15-11-14-29(26-32)28-12-5-4-6-13-28;/h4-12,14-25H,1-3H3;/q-2;+2. The molecule has 0 aliphatic heterocycles. The number of rotatable bonds is 4. The summed E-state index contributed by atoms with van der Waals surface area (Å²) in [6.45, 7) is 6.65. The Bertz CT molecular complexity index is 2750. The maximum absolute atomic E-state index is 11.0. The minimum Gasteiger partial charge on any atom is -0.313 e. The van der Waals surface area contributed by atoms with Crippen LogP contribution in [-0.4, -0.2) is 23.7 Å². The molecule has 0 atom stereocenters. The van der Waals surface area contributed by atoms with Crippen molar-refractivity contribution in [3.05, 3.63) is 151 Å². The zero-order chi connectivity index (χ0) is 33.3. The van der Waals surface area contributed by atoms with Gasteiger partial charge < -0.3 is 4.57 Å². The molecule has 0 saturated heterocycles. The Hall–Kier alpha value is -5.76. The minimum absolute atomic E-state index is 0. The van der Waals surface area contributed by atoms with Gasteiger partial charge in [-0.2, -0.15) is 47.7 Å². The van der Waals surface area contributed by atoms with Crippen LogP contribution >= 0.6 is 0 Å². The van der Waals surface area contributed by atoms with E-state index in [2.05, 4.69) is 101 Å². The molecule has 0 spiro atoms. The summed E-state index contributed by atoms with van der Waals surface area (Å²) in [5.74, 6) is 0.696. The Balaban J connectivity index is 0.00000361. The first-order valence-electron chi connectivity index (χ1n) is 16.3. The van der Waals surface area contributed by atoms with Crippen LogP contribution < -0.4 is 0 Å². The second-order valence-electron chi connectivity index (χ2n) is 13.3. The third-order valence-corrected chi connectivity index (χ3v) is 9.38. The van der Waals surface area contributed by atoms with Crippen LogP contribution in [0.3, 0.4) is 0 Å². The van der Waals surface area contributed by atoms with Crippen molar-refractivity contribution >= 4 is 43.9 Å². The predicted molar refractivity (Wildman–Crippen MR) is 197 cm³/mol. The Kier molecular flexibility index (Phi) is 7.55. The average molecular weight is 826 g/mol. The van der Waals surface area contributed by atoms with E-state index in [9.17, 15) is 5.26 Å². The van der Waals surface area contributed by atoms with E-state index in [0.29, 0.717) is 22.8 Å². The maximum atomic E-state index is 11.0. The van der Waals surface area contributed by atoms with Crippen molar-refractivity contribution in [3.63, 3.8) is 0 Å². The third-order valence-electron chi connectivity index (χ3n) is 9.38. The second-order valence-corrected chi connectivity index (χ2v) is 13.3. The van der Waals surface area contributed by atoms with Crippen LogP contribution in [0.2, 0.25) is 0 Å². The quantitative estimate of drug-likeness (QED) is 0.166. The molecule has 0 fully saturated rings. The molecule has 6 nitrogen and oxygen atoms in total. The molecule has 9 aromatic rings. The number of nitrogens with zero attached hydrogens (tertiary/aromatic N) is 6. The summed E-state index contributed by atoms with van der Waals surface area (Å²) in [4.78, 5) is 10.4. The summed E-state index contributed by atoms with van der Waals surface area (Å²) in [5, 5.41) is 14.5. The Morgan fingerprint density at radius 2 is 1.34 bits per heavy atom. The van der Waals surface area contributed by atoms with Gasteiger partial charge in [-0.25, -0.2) is 21.1 Å². The molecule has 9 rings (SSSR count). The second kappa shape index (κ2) is 12.0. The van der Waals surface area contributed by atoms with Gasteiger partial charge in [0.2, 0.25) is 5.95 Å². The van der Waals surface area contributed by atoms with Gasteiger partial charge in [0, 0.05) is 39.6 Å². The molecule has 0 radical (unpaired) electrons. The maximum Gasteiger partial charge on any atom is 2.00 e. The first kappa shape index (κ1) is 31.5. The molecular formula is C43H30N6Pt. The van der Waals surface area contributed by atoms with Gasteiger partial charge in [0.25, 0.3) is 0 Å². The van der Waals surface area contributed by atoms with Gasteiger partial charge in [-0.05, 0) is 40.9 Å². The molecule has 0 aliphatic rings. The van der Waals surface area contributed by atoms with Crippen LogP contribution in [0.1, 0.15) is 31.9 Å². The monoisotopic (exact) mass is 825 g/mol. The predicted octanol–water partition coefficient (Wildman–Crippen LogP) is 9.90. The molecule has 0 saturated carbocycles. The van der Waals surface area contributed by atoms with E-state index in [0.717, 1.165) is 55.1 Å². The number of hydrogen-bond donors (Lipinski definition) is 0. The van der Waals surface area contributed by atoms with Gasteiger partial charge in [0.15, 0.2) is 5.65 Å². The third kappa shape index (κ3) is 4.81. The summed E-state index contributed by atoms with van der Waals surface area (Å²) in [5.41, 5.74) is 8.84. The number of aromatic nitrogens is 5. The average Bonchev–Trinajstić information content (AvgIpc) is 3.83. The smallest absolute Gasteiger partial charge is 0.313 e.